The minimum Gasteiger partial charge on any atom is -0.472 e. The molecule has 0 aliphatic heterocycles. The zero-order valence-corrected chi connectivity index (χ0v) is 22.8. The minimum atomic E-state index is -4.78. The van der Waals surface area contributed by atoms with Gasteiger partial charge in [0.1, 0.15) is 6.61 Å². The molecule has 1 heterocycles. The van der Waals surface area contributed by atoms with Crippen molar-refractivity contribution in [1.29, 1.82) is 0 Å². The molecule has 0 amide bonds. The summed E-state index contributed by atoms with van der Waals surface area (Å²) in [4.78, 5) is 11.8. The van der Waals surface area contributed by atoms with Crippen molar-refractivity contribution in [1.82, 2.24) is 10.2 Å². The fourth-order valence-electron chi connectivity index (χ4n) is 3.71. The molecular weight excluding hydrogens is 497 g/mol. The Hall–Kier alpha value is -2.68. The van der Waals surface area contributed by atoms with E-state index >= 15 is 0 Å². The summed E-state index contributed by atoms with van der Waals surface area (Å²) in [7, 11) is 0. The molecule has 6 nitrogen and oxygen atoms in total. The number of unbranched alkanes of at least 4 members (excludes halogenated alkanes) is 6. The van der Waals surface area contributed by atoms with E-state index in [4.69, 9.17) is 9.47 Å². The monoisotopic (exact) mass is 538 g/mol. The molecule has 0 fully saturated rings. The Morgan fingerprint density at radius 1 is 0.921 bits per heavy atom. The van der Waals surface area contributed by atoms with Crippen LogP contribution in [-0.4, -0.2) is 47.8 Å². The Bertz CT molecular complexity index is 921. The normalized spacial score (nSPS) is 13.2. The van der Waals surface area contributed by atoms with Crippen LogP contribution in [0.4, 0.5) is 13.2 Å². The fourth-order valence-corrected chi connectivity index (χ4v) is 3.71. The lowest BCUT2D eigenvalue weighted by molar-refractivity contribution is -0.227. The van der Waals surface area contributed by atoms with E-state index in [1.165, 1.54) is 50.2 Å². The molecule has 0 aliphatic carbocycles. The molecule has 1 aromatic carbocycles. The third-order valence-corrected chi connectivity index (χ3v) is 6.26. The molecule has 2 rings (SSSR count). The van der Waals surface area contributed by atoms with Crippen molar-refractivity contribution in [2.75, 3.05) is 13.2 Å². The minimum absolute atomic E-state index is 0.00762. The molecule has 0 aliphatic rings. The SMILES string of the molecule is CCCCCCCCCc1ccc(-c2ccc(OCC(OC(=O)CCOC(C)CC)C(F)(F)F)nn2)cc1. The summed E-state index contributed by atoms with van der Waals surface area (Å²) in [6.07, 6.45) is 3.10. The van der Waals surface area contributed by atoms with E-state index in [0.29, 0.717) is 5.69 Å². The van der Waals surface area contributed by atoms with Gasteiger partial charge < -0.3 is 14.2 Å². The molecule has 2 aromatic rings. The zero-order valence-electron chi connectivity index (χ0n) is 22.8. The lowest BCUT2D eigenvalue weighted by Crippen LogP contribution is -2.39. The lowest BCUT2D eigenvalue weighted by atomic mass is 10.0. The molecule has 0 saturated heterocycles. The van der Waals surface area contributed by atoms with Gasteiger partial charge in [-0.15, -0.1) is 10.2 Å². The van der Waals surface area contributed by atoms with Gasteiger partial charge in [0.25, 0.3) is 0 Å². The van der Waals surface area contributed by atoms with E-state index in [9.17, 15) is 18.0 Å². The first-order valence-electron chi connectivity index (χ1n) is 13.7. The quantitative estimate of drug-likeness (QED) is 0.145. The average Bonchev–Trinajstić information content (AvgIpc) is 2.90. The van der Waals surface area contributed by atoms with Gasteiger partial charge in [0.05, 0.1) is 24.8 Å². The van der Waals surface area contributed by atoms with Crippen LogP contribution in [0.1, 0.15) is 84.1 Å². The third kappa shape index (κ3) is 12.2. The van der Waals surface area contributed by atoms with Crippen LogP contribution in [0, 0.1) is 0 Å². The van der Waals surface area contributed by atoms with Gasteiger partial charge in [-0.1, -0.05) is 76.6 Å². The van der Waals surface area contributed by atoms with E-state index < -0.39 is 24.9 Å². The van der Waals surface area contributed by atoms with Crippen molar-refractivity contribution in [3.63, 3.8) is 0 Å². The number of alkyl halides is 3. The second-order valence-electron chi connectivity index (χ2n) is 9.50. The summed E-state index contributed by atoms with van der Waals surface area (Å²) in [6, 6.07) is 11.1. The van der Waals surface area contributed by atoms with Crippen LogP contribution in [0.15, 0.2) is 36.4 Å². The molecule has 2 atom stereocenters. The standard InChI is InChI=1S/C29H41F3N2O4/c1-4-6-7-8-9-10-11-12-23-13-15-24(16-14-23)25-17-18-27(34-33-25)37-21-26(29(30,31)32)38-28(35)19-20-36-22(3)5-2/h13-18,22,26H,4-12,19-21H2,1-3H3. The molecule has 0 spiro atoms. The Balaban J connectivity index is 1.81. The van der Waals surface area contributed by atoms with Crippen LogP contribution >= 0.6 is 0 Å². The van der Waals surface area contributed by atoms with E-state index in [1.807, 2.05) is 26.0 Å². The van der Waals surface area contributed by atoms with Gasteiger partial charge in [0.2, 0.25) is 12.0 Å². The van der Waals surface area contributed by atoms with E-state index in [1.54, 1.807) is 6.07 Å². The van der Waals surface area contributed by atoms with Crippen LogP contribution in [0.25, 0.3) is 11.3 Å². The lowest BCUT2D eigenvalue weighted by Gasteiger charge is -2.21. The van der Waals surface area contributed by atoms with Gasteiger partial charge in [0.15, 0.2) is 0 Å². The molecule has 0 bridgehead atoms. The largest absolute Gasteiger partial charge is 0.472 e. The topological polar surface area (TPSA) is 70.5 Å². The molecule has 0 saturated carbocycles. The maximum atomic E-state index is 13.3. The van der Waals surface area contributed by atoms with Crippen LogP contribution in [0.5, 0.6) is 5.88 Å². The van der Waals surface area contributed by atoms with Gasteiger partial charge in [-0.2, -0.15) is 13.2 Å². The van der Waals surface area contributed by atoms with Crippen LogP contribution in [0.3, 0.4) is 0 Å². The van der Waals surface area contributed by atoms with E-state index in [2.05, 4.69) is 34.0 Å². The summed E-state index contributed by atoms with van der Waals surface area (Å²) >= 11 is 0. The predicted molar refractivity (Wildman–Crippen MR) is 141 cm³/mol. The number of halogens is 3. The van der Waals surface area contributed by atoms with E-state index in [-0.39, 0.29) is 25.0 Å². The van der Waals surface area contributed by atoms with Gasteiger partial charge in [-0.3, -0.25) is 4.79 Å². The number of carbonyl (C=O) groups is 1. The maximum Gasteiger partial charge on any atom is 0.428 e. The maximum absolute atomic E-state index is 13.3. The first-order chi connectivity index (χ1) is 18.2. The van der Waals surface area contributed by atoms with Crippen LogP contribution in [-0.2, 0) is 20.7 Å². The molecule has 1 aromatic heterocycles. The number of esters is 1. The number of carbonyl (C=O) groups excluding carboxylic acids is 1. The summed E-state index contributed by atoms with van der Waals surface area (Å²) in [5.41, 5.74) is 2.70. The highest BCUT2D eigenvalue weighted by Gasteiger charge is 2.43. The smallest absolute Gasteiger partial charge is 0.428 e. The summed E-state index contributed by atoms with van der Waals surface area (Å²) < 4.78 is 55.1. The second kappa shape index (κ2) is 17.0. The first-order valence-corrected chi connectivity index (χ1v) is 13.7. The summed E-state index contributed by atoms with van der Waals surface area (Å²) in [5.74, 6) is -1.09. The molecule has 0 radical (unpaired) electrons. The van der Waals surface area contributed by atoms with Gasteiger partial charge >= 0.3 is 12.1 Å². The third-order valence-electron chi connectivity index (χ3n) is 6.26. The Labute approximate surface area is 224 Å². The highest BCUT2D eigenvalue weighted by molar-refractivity contribution is 5.69. The first kappa shape index (κ1) is 31.5. The number of benzene rings is 1. The van der Waals surface area contributed by atoms with E-state index in [0.717, 1.165) is 24.8 Å². The molecule has 38 heavy (non-hydrogen) atoms. The Morgan fingerprint density at radius 2 is 1.61 bits per heavy atom. The van der Waals surface area contributed by atoms with Crippen molar-refractivity contribution in [3.8, 4) is 17.1 Å². The summed E-state index contributed by atoms with van der Waals surface area (Å²) in [6.45, 7) is 5.02. The van der Waals surface area contributed by atoms with Crippen molar-refractivity contribution < 1.29 is 32.2 Å². The highest BCUT2D eigenvalue weighted by atomic mass is 19.4. The highest BCUT2D eigenvalue weighted by Crippen LogP contribution is 2.25. The molecule has 212 valence electrons. The van der Waals surface area contributed by atoms with Crippen molar-refractivity contribution in [2.45, 2.75) is 103 Å². The number of ether oxygens (including phenoxy) is 3. The second-order valence-corrected chi connectivity index (χ2v) is 9.50. The van der Waals surface area contributed by atoms with Crippen LogP contribution in [0.2, 0.25) is 0 Å². The molecule has 9 heteroatoms. The molecular formula is C29H41F3N2O4. The summed E-state index contributed by atoms with van der Waals surface area (Å²) in [5, 5.41) is 7.96. The fraction of sp³-hybridized carbons (Fsp3) is 0.621. The van der Waals surface area contributed by atoms with Crippen molar-refractivity contribution in [3.05, 3.63) is 42.0 Å². The van der Waals surface area contributed by atoms with Gasteiger partial charge in [-0.05, 0) is 37.8 Å². The number of hydrogen-bond acceptors (Lipinski definition) is 6. The predicted octanol–water partition coefficient (Wildman–Crippen LogP) is 7.49. The van der Waals surface area contributed by atoms with Crippen molar-refractivity contribution >= 4 is 5.97 Å². The number of hydrogen-bond donors (Lipinski definition) is 0. The Morgan fingerprint density at radius 3 is 2.21 bits per heavy atom. The number of aromatic nitrogens is 2. The zero-order chi connectivity index (χ0) is 27.8. The van der Waals surface area contributed by atoms with Crippen LogP contribution < -0.4 is 4.74 Å². The average molecular weight is 539 g/mol. The Kier molecular flexibility index (Phi) is 14.1. The number of nitrogens with zero attached hydrogens (tertiary/aromatic N) is 2. The molecule has 0 N–H and O–H groups in total. The van der Waals surface area contributed by atoms with Gasteiger partial charge in [-0.25, -0.2) is 0 Å². The van der Waals surface area contributed by atoms with Crippen molar-refractivity contribution in [2.24, 2.45) is 0 Å². The number of rotatable bonds is 18. The molecule has 2 unspecified atom stereocenters. The number of aryl methyl sites for hydroxylation is 1. The van der Waals surface area contributed by atoms with Gasteiger partial charge in [0, 0.05) is 11.6 Å².